The van der Waals surface area contributed by atoms with Crippen LogP contribution in [0.25, 0.3) is 0 Å². The molecule has 4 heteroatoms. The average Bonchev–Trinajstić information content (AvgIpc) is 2.27. The highest BCUT2D eigenvalue weighted by molar-refractivity contribution is 6.33. The van der Waals surface area contributed by atoms with Gasteiger partial charge in [-0.25, -0.2) is 4.79 Å². The van der Waals surface area contributed by atoms with Gasteiger partial charge in [-0.05, 0) is 38.0 Å². The van der Waals surface area contributed by atoms with E-state index in [4.69, 9.17) is 16.3 Å². The van der Waals surface area contributed by atoms with Crippen LogP contribution < -0.4 is 0 Å². The molecule has 0 N–H and O–H groups in total. The minimum atomic E-state index is -0.756. The summed E-state index contributed by atoms with van der Waals surface area (Å²) in [6, 6.07) is 7.19. The van der Waals surface area contributed by atoms with E-state index >= 15 is 0 Å². The van der Waals surface area contributed by atoms with Crippen LogP contribution in [0.15, 0.2) is 24.3 Å². The second-order valence-electron chi connectivity index (χ2n) is 4.00. The molecular weight excluding hydrogens is 240 g/mol. The van der Waals surface area contributed by atoms with Crippen molar-refractivity contribution in [2.45, 2.75) is 32.8 Å². The van der Waals surface area contributed by atoms with E-state index in [1.807, 2.05) is 12.1 Å². The maximum absolute atomic E-state index is 11.4. The lowest BCUT2D eigenvalue weighted by molar-refractivity contribution is -0.156. The minimum Gasteiger partial charge on any atom is -0.457 e. The predicted octanol–water partition coefficient (Wildman–Crippen LogP) is 2.79. The van der Waals surface area contributed by atoms with E-state index < -0.39 is 11.8 Å². The average molecular weight is 255 g/mol. The molecule has 0 spiro atoms. The van der Waals surface area contributed by atoms with Gasteiger partial charge < -0.3 is 4.74 Å². The number of esters is 1. The van der Waals surface area contributed by atoms with Crippen molar-refractivity contribution in [3.8, 4) is 0 Å². The fourth-order valence-corrected chi connectivity index (χ4v) is 1.42. The van der Waals surface area contributed by atoms with Crippen molar-refractivity contribution in [2.24, 2.45) is 0 Å². The molecule has 0 aromatic heterocycles. The standard InChI is InChI=1S/C13H15ClO3/c1-9(2)17-13(16)12(15)8-5-10-3-6-11(14)7-4-10/h3-4,6-7,9H,5,8H2,1-2H3. The van der Waals surface area contributed by atoms with Crippen LogP contribution in [-0.4, -0.2) is 17.9 Å². The topological polar surface area (TPSA) is 43.4 Å². The van der Waals surface area contributed by atoms with E-state index in [2.05, 4.69) is 0 Å². The molecule has 0 aliphatic rings. The van der Waals surface area contributed by atoms with Crippen LogP contribution in [0.4, 0.5) is 0 Å². The minimum absolute atomic E-state index is 0.160. The first kappa shape index (κ1) is 13.7. The van der Waals surface area contributed by atoms with Crippen LogP contribution in [0.1, 0.15) is 25.8 Å². The van der Waals surface area contributed by atoms with E-state index in [-0.39, 0.29) is 12.5 Å². The highest BCUT2D eigenvalue weighted by atomic mass is 35.5. The second kappa shape index (κ2) is 6.40. The third-order valence-corrected chi connectivity index (χ3v) is 2.38. The van der Waals surface area contributed by atoms with Crippen molar-refractivity contribution in [2.75, 3.05) is 0 Å². The van der Waals surface area contributed by atoms with Crippen LogP contribution in [-0.2, 0) is 20.7 Å². The Balaban J connectivity index is 2.43. The van der Waals surface area contributed by atoms with Crippen LogP contribution in [0.2, 0.25) is 5.02 Å². The van der Waals surface area contributed by atoms with Gasteiger partial charge in [0.25, 0.3) is 0 Å². The summed E-state index contributed by atoms with van der Waals surface area (Å²) in [5, 5.41) is 0.652. The third kappa shape index (κ3) is 5.00. The van der Waals surface area contributed by atoms with Gasteiger partial charge in [0.05, 0.1) is 6.10 Å². The predicted molar refractivity (Wildman–Crippen MR) is 66.0 cm³/mol. The van der Waals surface area contributed by atoms with Gasteiger partial charge in [0.15, 0.2) is 0 Å². The highest BCUT2D eigenvalue weighted by Crippen LogP contribution is 2.11. The SMILES string of the molecule is CC(C)OC(=O)C(=O)CCc1ccc(Cl)cc1. The van der Waals surface area contributed by atoms with Crippen molar-refractivity contribution in [3.63, 3.8) is 0 Å². The number of halogens is 1. The lowest BCUT2D eigenvalue weighted by Crippen LogP contribution is -2.21. The Morgan fingerprint density at radius 1 is 1.24 bits per heavy atom. The molecule has 0 saturated heterocycles. The first-order valence-corrected chi connectivity index (χ1v) is 5.85. The summed E-state index contributed by atoms with van der Waals surface area (Å²) in [7, 11) is 0. The number of aryl methyl sites for hydroxylation is 1. The van der Waals surface area contributed by atoms with Crippen LogP contribution in [0, 0.1) is 0 Å². The van der Waals surface area contributed by atoms with Gasteiger partial charge in [-0.1, -0.05) is 23.7 Å². The van der Waals surface area contributed by atoms with E-state index in [0.717, 1.165) is 5.56 Å². The molecule has 0 bridgehead atoms. The van der Waals surface area contributed by atoms with Crippen molar-refractivity contribution in [1.82, 2.24) is 0 Å². The van der Waals surface area contributed by atoms with E-state index in [1.165, 1.54) is 0 Å². The lowest BCUT2D eigenvalue weighted by Gasteiger charge is -2.06. The zero-order valence-electron chi connectivity index (χ0n) is 9.90. The molecule has 1 aromatic carbocycles. The maximum atomic E-state index is 11.4. The molecule has 0 aliphatic heterocycles. The Hall–Kier alpha value is -1.35. The Morgan fingerprint density at radius 3 is 2.35 bits per heavy atom. The number of hydrogen-bond acceptors (Lipinski definition) is 3. The zero-order valence-corrected chi connectivity index (χ0v) is 10.7. The summed E-state index contributed by atoms with van der Waals surface area (Å²) >= 11 is 5.74. The molecular formula is C13H15ClO3. The van der Waals surface area contributed by atoms with Crippen molar-refractivity contribution in [1.29, 1.82) is 0 Å². The zero-order chi connectivity index (χ0) is 12.8. The monoisotopic (exact) mass is 254 g/mol. The summed E-state index contributed by atoms with van der Waals surface area (Å²) in [6.45, 7) is 3.43. The molecule has 17 heavy (non-hydrogen) atoms. The molecule has 1 rings (SSSR count). The lowest BCUT2D eigenvalue weighted by atomic mass is 10.1. The van der Waals surface area contributed by atoms with Crippen LogP contribution in [0.5, 0.6) is 0 Å². The number of carbonyl (C=O) groups excluding carboxylic acids is 2. The van der Waals surface area contributed by atoms with Gasteiger partial charge in [-0.15, -0.1) is 0 Å². The van der Waals surface area contributed by atoms with E-state index in [9.17, 15) is 9.59 Å². The molecule has 0 amide bonds. The first-order valence-electron chi connectivity index (χ1n) is 5.47. The van der Waals surface area contributed by atoms with Crippen molar-refractivity contribution in [3.05, 3.63) is 34.9 Å². The largest absolute Gasteiger partial charge is 0.457 e. The normalized spacial score (nSPS) is 10.4. The van der Waals surface area contributed by atoms with Gasteiger partial charge in [0.1, 0.15) is 0 Å². The molecule has 1 aromatic rings. The summed E-state index contributed by atoms with van der Waals surface area (Å²) < 4.78 is 4.81. The molecule has 0 atom stereocenters. The van der Waals surface area contributed by atoms with E-state index in [0.29, 0.717) is 11.4 Å². The first-order chi connectivity index (χ1) is 7.99. The van der Waals surface area contributed by atoms with E-state index in [1.54, 1.807) is 26.0 Å². The Labute approximate surface area is 106 Å². The molecule has 0 heterocycles. The van der Waals surface area contributed by atoms with Gasteiger partial charge >= 0.3 is 5.97 Å². The fourth-order valence-electron chi connectivity index (χ4n) is 1.29. The molecule has 0 fully saturated rings. The second-order valence-corrected chi connectivity index (χ2v) is 4.44. The van der Waals surface area contributed by atoms with Gasteiger partial charge in [-0.2, -0.15) is 0 Å². The number of rotatable bonds is 5. The number of carbonyl (C=O) groups is 2. The Bertz CT molecular complexity index is 396. The highest BCUT2D eigenvalue weighted by Gasteiger charge is 2.16. The van der Waals surface area contributed by atoms with Crippen molar-refractivity contribution < 1.29 is 14.3 Å². The Kier molecular flexibility index (Phi) is 5.16. The molecule has 3 nitrogen and oxygen atoms in total. The van der Waals surface area contributed by atoms with Gasteiger partial charge in [0, 0.05) is 11.4 Å². The van der Waals surface area contributed by atoms with Gasteiger partial charge in [-0.3, -0.25) is 4.79 Å². The number of ether oxygens (including phenoxy) is 1. The summed E-state index contributed by atoms with van der Waals surface area (Å²) in [5.74, 6) is -1.25. The maximum Gasteiger partial charge on any atom is 0.374 e. The van der Waals surface area contributed by atoms with Crippen molar-refractivity contribution >= 4 is 23.4 Å². The molecule has 92 valence electrons. The number of ketones is 1. The van der Waals surface area contributed by atoms with Gasteiger partial charge in [0.2, 0.25) is 5.78 Å². The molecule has 0 radical (unpaired) electrons. The van der Waals surface area contributed by atoms with Crippen LogP contribution >= 0.6 is 11.6 Å². The summed E-state index contributed by atoms with van der Waals surface area (Å²) in [6.07, 6.45) is 0.415. The molecule has 0 saturated carbocycles. The quantitative estimate of drug-likeness (QED) is 0.599. The van der Waals surface area contributed by atoms with Crippen LogP contribution in [0.3, 0.4) is 0 Å². The summed E-state index contributed by atoms with van der Waals surface area (Å²) in [5.41, 5.74) is 0.972. The third-order valence-electron chi connectivity index (χ3n) is 2.12. The summed E-state index contributed by atoms with van der Waals surface area (Å²) in [4.78, 5) is 22.7. The molecule has 0 aliphatic carbocycles. The smallest absolute Gasteiger partial charge is 0.374 e. The molecule has 0 unspecified atom stereocenters. The Morgan fingerprint density at radius 2 is 1.82 bits per heavy atom. The number of hydrogen-bond donors (Lipinski definition) is 0. The fraction of sp³-hybridized carbons (Fsp3) is 0.385. The number of benzene rings is 1. The number of Topliss-reactive ketones (excluding diaryl/α,β-unsaturated/α-hetero) is 1.